The first-order valence-electron chi connectivity index (χ1n) is 6.48. The molecule has 0 atom stereocenters. The van der Waals surface area contributed by atoms with E-state index in [1.165, 1.54) is 0 Å². The summed E-state index contributed by atoms with van der Waals surface area (Å²) in [6, 6.07) is 3.81. The fraction of sp³-hybridized carbons (Fsp3) is 0.357. The predicted octanol–water partition coefficient (Wildman–Crippen LogP) is 1.93. The minimum Gasteiger partial charge on any atom is -0.382 e. The Kier molecular flexibility index (Phi) is 5.06. The van der Waals surface area contributed by atoms with Gasteiger partial charge >= 0.3 is 0 Å². The van der Waals surface area contributed by atoms with Crippen LogP contribution in [-0.4, -0.2) is 29.0 Å². The monoisotopic (exact) mass is 290 g/mol. The van der Waals surface area contributed by atoms with E-state index >= 15 is 0 Å². The van der Waals surface area contributed by atoms with E-state index in [1.807, 2.05) is 26.0 Å². The number of nitrogens with zero attached hydrogens (tertiary/aromatic N) is 2. The molecule has 0 saturated heterocycles. The fourth-order valence-electron chi connectivity index (χ4n) is 1.82. The number of aryl methyl sites for hydroxylation is 2. The summed E-state index contributed by atoms with van der Waals surface area (Å²) in [7, 11) is 0. The van der Waals surface area contributed by atoms with Crippen LogP contribution in [0.3, 0.4) is 0 Å². The van der Waals surface area contributed by atoms with Crippen molar-refractivity contribution in [3.05, 3.63) is 40.1 Å². The van der Waals surface area contributed by atoms with Crippen LogP contribution in [0.15, 0.2) is 24.5 Å². The van der Waals surface area contributed by atoms with Gasteiger partial charge in [0.15, 0.2) is 0 Å². The van der Waals surface area contributed by atoms with Crippen molar-refractivity contribution < 1.29 is 4.79 Å². The van der Waals surface area contributed by atoms with Gasteiger partial charge in [0.05, 0.1) is 22.8 Å². The maximum absolute atomic E-state index is 11.8. The molecule has 20 heavy (non-hydrogen) atoms. The fourth-order valence-corrected chi connectivity index (χ4v) is 2.76. The second-order valence-electron chi connectivity index (χ2n) is 4.44. The molecule has 0 saturated carbocycles. The van der Waals surface area contributed by atoms with Crippen molar-refractivity contribution in [2.24, 2.45) is 0 Å². The first-order chi connectivity index (χ1) is 9.65. The number of carbonyl (C=O) groups excluding carboxylic acids is 1. The van der Waals surface area contributed by atoms with E-state index in [1.54, 1.807) is 23.7 Å². The maximum atomic E-state index is 11.8. The molecule has 0 spiro atoms. The normalized spacial score (nSPS) is 10.3. The molecule has 0 aliphatic heterocycles. The van der Waals surface area contributed by atoms with Gasteiger partial charge in [-0.25, -0.2) is 4.98 Å². The number of nitrogens with one attached hydrogen (secondary N) is 2. The average Bonchev–Trinajstić information content (AvgIpc) is 2.74. The molecule has 2 heterocycles. The van der Waals surface area contributed by atoms with Crippen molar-refractivity contribution in [2.75, 3.05) is 18.4 Å². The number of pyridine rings is 1. The summed E-state index contributed by atoms with van der Waals surface area (Å²) in [5.74, 6) is 0.0322. The van der Waals surface area contributed by atoms with Gasteiger partial charge < -0.3 is 10.6 Å². The highest BCUT2D eigenvalue weighted by molar-refractivity contribution is 7.11. The van der Waals surface area contributed by atoms with Crippen molar-refractivity contribution in [3.8, 4) is 0 Å². The Morgan fingerprint density at radius 1 is 1.35 bits per heavy atom. The molecule has 0 aliphatic rings. The van der Waals surface area contributed by atoms with Gasteiger partial charge in [0.25, 0.3) is 0 Å². The molecule has 2 aromatic rings. The first-order valence-corrected chi connectivity index (χ1v) is 7.30. The Balaban J connectivity index is 1.69. The second-order valence-corrected chi connectivity index (χ2v) is 5.72. The Bertz CT molecular complexity index is 568. The molecular formula is C14H18N4OS. The quantitative estimate of drug-likeness (QED) is 0.798. The summed E-state index contributed by atoms with van der Waals surface area (Å²) in [5, 5.41) is 7.09. The number of hydrogen-bond donors (Lipinski definition) is 2. The van der Waals surface area contributed by atoms with E-state index in [9.17, 15) is 4.79 Å². The third kappa shape index (κ3) is 4.31. The molecule has 6 heteroatoms. The van der Waals surface area contributed by atoms with Gasteiger partial charge in [0, 0.05) is 30.4 Å². The molecule has 2 aromatic heterocycles. The van der Waals surface area contributed by atoms with Crippen LogP contribution in [-0.2, 0) is 11.2 Å². The van der Waals surface area contributed by atoms with E-state index < -0.39 is 0 Å². The van der Waals surface area contributed by atoms with Gasteiger partial charge in [0.2, 0.25) is 5.91 Å². The lowest BCUT2D eigenvalue weighted by Gasteiger charge is -2.07. The van der Waals surface area contributed by atoms with Crippen LogP contribution in [0.4, 0.5) is 5.69 Å². The van der Waals surface area contributed by atoms with Crippen molar-refractivity contribution in [3.63, 3.8) is 0 Å². The van der Waals surface area contributed by atoms with Gasteiger partial charge in [-0.15, -0.1) is 11.3 Å². The molecule has 0 aliphatic carbocycles. The third-order valence-corrected chi connectivity index (χ3v) is 3.83. The summed E-state index contributed by atoms with van der Waals surface area (Å²) >= 11 is 1.58. The van der Waals surface area contributed by atoms with E-state index in [0.717, 1.165) is 21.3 Å². The van der Waals surface area contributed by atoms with E-state index in [4.69, 9.17) is 0 Å². The molecule has 0 fully saturated rings. The molecule has 0 unspecified atom stereocenters. The minimum atomic E-state index is 0.0322. The van der Waals surface area contributed by atoms with Gasteiger partial charge in [-0.05, 0) is 26.0 Å². The Morgan fingerprint density at radius 2 is 2.20 bits per heavy atom. The molecule has 0 bridgehead atoms. The zero-order valence-electron chi connectivity index (χ0n) is 11.6. The first kappa shape index (κ1) is 14.5. The lowest BCUT2D eigenvalue weighted by atomic mass is 10.3. The van der Waals surface area contributed by atoms with Gasteiger partial charge in [-0.2, -0.15) is 0 Å². The van der Waals surface area contributed by atoms with Gasteiger partial charge in [-0.3, -0.25) is 9.78 Å². The van der Waals surface area contributed by atoms with Crippen molar-refractivity contribution >= 4 is 22.9 Å². The Hall–Kier alpha value is -1.95. The van der Waals surface area contributed by atoms with E-state index in [0.29, 0.717) is 19.5 Å². The molecule has 1 amide bonds. The van der Waals surface area contributed by atoms with Crippen LogP contribution < -0.4 is 10.6 Å². The Labute approximate surface area is 122 Å². The summed E-state index contributed by atoms with van der Waals surface area (Å²) in [6.07, 6.45) is 3.89. The smallest absolute Gasteiger partial charge is 0.225 e. The molecule has 2 N–H and O–H groups in total. The van der Waals surface area contributed by atoms with Crippen LogP contribution in [0.25, 0.3) is 0 Å². The lowest BCUT2D eigenvalue weighted by molar-refractivity contribution is -0.120. The number of thiazole rings is 1. The second kappa shape index (κ2) is 7.00. The van der Waals surface area contributed by atoms with Crippen molar-refractivity contribution in [1.82, 2.24) is 15.3 Å². The van der Waals surface area contributed by atoms with Crippen LogP contribution in [0.2, 0.25) is 0 Å². The Morgan fingerprint density at radius 3 is 2.85 bits per heavy atom. The van der Waals surface area contributed by atoms with E-state index in [-0.39, 0.29) is 5.91 Å². The van der Waals surface area contributed by atoms with Crippen molar-refractivity contribution in [1.29, 1.82) is 0 Å². The summed E-state index contributed by atoms with van der Waals surface area (Å²) in [5.41, 5.74) is 1.91. The van der Waals surface area contributed by atoms with Gasteiger partial charge in [0.1, 0.15) is 0 Å². The van der Waals surface area contributed by atoms with Crippen LogP contribution in [0.1, 0.15) is 15.6 Å². The maximum Gasteiger partial charge on any atom is 0.225 e. The molecule has 2 rings (SSSR count). The largest absolute Gasteiger partial charge is 0.382 e. The van der Waals surface area contributed by atoms with E-state index in [2.05, 4.69) is 20.6 Å². The molecule has 0 radical (unpaired) electrons. The van der Waals surface area contributed by atoms with Crippen LogP contribution in [0.5, 0.6) is 0 Å². The van der Waals surface area contributed by atoms with Crippen LogP contribution >= 0.6 is 11.3 Å². The molecule has 0 aromatic carbocycles. The zero-order valence-corrected chi connectivity index (χ0v) is 12.5. The van der Waals surface area contributed by atoms with Crippen molar-refractivity contribution in [2.45, 2.75) is 20.3 Å². The number of aromatic nitrogens is 2. The highest BCUT2D eigenvalue weighted by atomic mass is 32.1. The average molecular weight is 290 g/mol. The number of carbonyl (C=O) groups is 1. The minimum absolute atomic E-state index is 0.0322. The SMILES string of the molecule is Cc1nc(C)c(CC(=O)NCCNc2cccnc2)s1. The number of hydrogen-bond acceptors (Lipinski definition) is 5. The third-order valence-electron chi connectivity index (χ3n) is 2.76. The highest BCUT2D eigenvalue weighted by Gasteiger charge is 2.09. The number of anilines is 1. The standard InChI is InChI=1S/C14H18N4OS/c1-10-13(20-11(2)18-10)8-14(19)17-7-6-16-12-4-3-5-15-9-12/h3-5,9,16H,6-8H2,1-2H3,(H,17,19). The molecular weight excluding hydrogens is 272 g/mol. The predicted molar refractivity (Wildman–Crippen MR) is 81.0 cm³/mol. The number of rotatable bonds is 6. The summed E-state index contributed by atoms with van der Waals surface area (Å²) in [4.78, 5) is 21.2. The zero-order chi connectivity index (χ0) is 14.4. The van der Waals surface area contributed by atoms with Crippen LogP contribution in [0, 0.1) is 13.8 Å². The summed E-state index contributed by atoms with van der Waals surface area (Å²) in [6.45, 7) is 5.16. The summed E-state index contributed by atoms with van der Waals surface area (Å²) < 4.78 is 0. The topological polar surface area (TPSA) is 66.9 Å². The van der Waals surface area contributed by atoms with Gasteiger partial charge in [-0.1, -0.05) is 0 Å². The molecule has 5 nitrogen and oxygen atoms in total. The number of amides is 1. The molecule has 106 valence electrons. The lowest BCUT2D eigenvalue weighted by Crippen LogP contribution is -2.29. The highest BCUT2D eigenvalue weighted by Crippen LogP contribution is 2.17.